The van der Waals surface area contributed by atoms with Crippen LogP contribution >= 0.6 is 0 Å². The molecule has 0 bridgehead atoms. The van der Waals surface area contributed by atoms with Crippen LogP contribution in [0.5, 0.6) is 0 Å². The second-order valence-corrected chi connectivity index (χ2v) is 5.97. The molecule has 4 aromatic rings. The number of alkyl halides is 3. The third kappa shape index (κ3) is 3.08. The predicted octanol–water partition coefficient (Wildman–Crippen LogP) is 3.40. The molecule has 7 nitrogen and oxygen atoms in total. The summed E-state index contributed by atoms with van der Waals surface area (Å²) in [5.74, 6) is -0.211. The van der Waals surface area contributed by atoms with Gasteiger partial charge in [0, 0.05) is 18.8 Å². The molecular formula is C18H13F3N6O. The maximum atomic E-state index is 13.3. The van der Waals surface area contributed by atoms with Gasteiger partial charge in [-0.3, -0.25) is 9.48 Å². The lowest BCUT2D eigenvalue weighted by molar-refractivity contribution is -0.137. The van der Waals surface area contributed by atoms with Gasteiger partial charge in [-0.25, -0.2) is 4.98 Å². The minimum Gasteiger partial charge on any atom is -0.304 e. The normalized spacial score (nSPS) is 11.7. The Hall–Kier alpha value is -3.69. The molecule has 4 rings (SSSR count). The minimum atomic E-state index is -4.52. The van der Waals surface area contributed by atoms with Crippen LogP contribution in [-0.2, 0) is 13.2 Å². The topological polar surface area (TPSA) is 77.1 Å². The van der Waals surface area contributed by atoms with E-state index in [1.54, 1.807) is 7.05 Å². The summed E-state index contributed by atoms with van der Waals surface area (Å²) in [7, 11) is 1.62. The van der Waals surface area contributed by atoms with E-state index in [1.165, 1.54) is 58.0 Å². The molecule has 10 heteroatoms. The third-order valence-corrected chi connectivity index (χ3v) is 4.17. The second-order valence-electron chi connectivity index (χ2n) is 5.97. The Kier molecular flexibility index (Phi) is 4.10. The number of fused-ring (bicyclic) bond motifs is 1. The summed E-state index contributed by atoms with van der Waals surface area (Å²) in [6.07, 6.45) is -1.65. The molecule has 3 aromatic heterocycles. The summed E-state index contributed by atoms with van der Waals surface area (Å²) in [5, 5.41) is 10.8. The quantitative estimate of drug-likeness (QED) is 0.586. The fraction of sp³-hybridized carbons (Fsp3) is 0.111. The average molecular weight is 386 g/mol. The summed E-state index contributed by atoms with van der Waals surface area (Å²) in [6.45, 7) is 0. The van der Waals surface area contributed by atoms with Gasteiger partial charge in [0.1, 0.15) is 5.69 Å². The molecule has 3 heterocycles. The van der Waals surface area contributed by atoms with Gasteiger partial charge < -0.3 is 5.32 Å². The van der Waals surface area contributed by atoms with Crippen LogP contribution in [0.3, 0.4) is 0 Å². The Morgan fingerprint density at radius 2 is 1.89 bits per heavy atom. The highest BCUT2D eigenvalue weighted by molar-refractivity contribution is 6.02. The highest BCUT2D eigenvalue weighted by Gasteiger charge is 2.33. The molecule has 0 fully saturated rings. The number of nitrogens with zero attached hydrogens (tertiary/aromatic N) is 5. The van der Waals surface area contributed by atoms with Crippen molar-refractivity contribution in [3.8, 4) is 11.3 Å². The lowest BCUT2D eigenvalue weighted by Crippen LogP contribution is -2.17. The standard InChI is InChI=1S/C18H13F3N6O/c1-26-14(8-9-23-26)17(28)24-16-10-22-15-7-6-13(25-27(15)16)11-4-2-3-5-12(11)18(19,20)21/h2-10H,1H3,(H,24,28). The van der Waals surface area contributed by atoms with Gasteiger partial charge in [-0.15, -0.1) is 0 Å². The van der Waals surface area contributed by atoms with Crippen LogP contribution in [0.15, 0.2) is 54.9 Å². The molecule has 0 atom stereocenters. The molecule has 0 aliphatic heterocycles. The number of benzene rings is 1. The Balaban J connectivity index is 1.76. The van der Waals surface area contributed by atoms with E-state index in [1.807, 2.05) is 0 Å². The summed E-state index contributed by atoms with van der Waals surface area (Å²) < 4.78 is 42.7. The van der Waals surface area contributed by atoms with Gasteiger partial charge in [0.2, 0.25) is 0 Å². The first-order valence-corrected chi connectivity index (χ1v) is 8.15. The van der Waals surface area contributed by atoms with E-state index in [0.29, 0.717) is 11.3 Å². The maximum Gasteiger partial charge on any atom is 0.417 e. The first-order valence-electron chi connectivity index (χ1n) is 8.15. The van der Waals surface area contributed by atoms with Crippen LogP contribution in [0.2, 0.25) is 0 Å². The SMILES string of the molecule is Cn1nccc1C(=O)Nc1cnc2ccc(-c3ccccc3C(F)(F)F)nn12. The van der Waals surface area contributed by atoms with E-state index < -0.39 is 17.6 Å². The van der Waals surface area contributed by atoms with Crippen LogP contribution in [-0.4, -0.2) is 30.3 Å². The van der Waals surface area contributed by atoms with Crippen molar-refractivity contribution in [3.63, 3.8) is 0 Å². The summed E-state index contributed by atoms with van der Waals surface area (Å²) in [6, 6.07) is 9.71. The molecule has 0 unspecified atom stereocenters. The second kappa shape index (κ2) is 6.48. The Bertz CT molecular complexity index is 1180. The van der Waals surface area contributed by atoms with Crippen molar-refractivity contribution in [1.29, 1.82) is 0 Å². The van der Waals surface area contributed by atoms with Crippen molar-refractivity contribution in [3.05, 3.63) is 66.1 Å². The highest BCUT2D eigenvalue weighted by atomic mass is 19.4. The zero-order valence-corrected chi connectivity index (χ0v) is 14.5. The van der Waals surface area contributed by atoms with Crippen molar-refractivity contribution < 1.29 is 18.0 Å². The zero-order valence-electron chi connectivity index (χ0n) is 14.5. The number of nitrogens with one attached hydrogen (secondary N) is 1. The van der Waals surface area contributed by atoms with Gasteiger partial charge in [0.15, 0.2) is 11.5 Å². The fourth-order valence-electron chi connectivity index (χ4n) is 2.83. The minimum absolute atomic E-state index is 0.0606. The summed E-state index contributed by atoms with van der Waals surface area (Å²) in [4.78, 5) is 16.5. The Morgan fingerprint density at radius 1 is 1.11 bits per heavy atom. The molecule has 1 amide bonds. The number of hydrogen-bond donors (Lipinski definition) is 1. The largest absolute Gasteiger partial charge is 0.417 e. The first-order chi connectivity index (χ1) is 13.3. The fourth-order valence-corrected chi connectivity index (χ4v) is 2.83. The zero-order chi connectivity index (χ0) is 19.9. The van der Waals surface area contributed by atoms with Crippen LogP contribution in [0.4, 0.5) is 19.0 Å². The van der Waals surface area contributed by atoms with E-state index >= 15 is 0 Å². The molecule has 142 valence electrons. The average Bonchev–Trinajstić information content (AvgIpc) is 3.27. The van der Waals surface area contributed by atoms with Crippen molar-refractivity contribution in [2.75, 3.05) is 5.32 Å². The van der Waals surface area contributed by atoms with E-state index in [9.17, 15) is 18.0 Å². The molecule has 0 aliphatic rings. The monoisotopic (exact) mass is 386 g/mol. The molecule has 0 aliphatic carbocycles. The molecule has 1 aromatic carbocycles. The van der Waals surface area contributed by atoms with Crippen molar-refractivity contribution in [2.24, 2.45) is 7.05 Å². The molecular weight excluding hydrogens is 373 g/mol. The number of aryl methyl sites for hydroxylation is 1. The number of amides is 1. The number of rotatable bonds is 3. The Labute approximate surface area is 156 Å². The number of halogens is 3. The van der Waals surface area contributed by atoms with Crippen LogP contribution in [0.25, 0.3) is 16.9 Å². The van der Waals surface area contributed by atoms with Gasteiger partial charge >= 0.3 is 6.18 Å². The molecule has 28 heavy (non-hydrogen) atoms. The molecule has 1 N–H and O–H groups in total. The summed E-state index contributed by atoms with van der Waals surface area (Å²) in [5.41, 5.74) is -0.0477. The van der Waals surface area contributed by atoms with Crippen molar-refractivity contribution >= 4 is 17.4 Å². The number of aromatic nitrogens is 5. The van der Waals surface area contributed by atoms with Crippen LogP contribution in [0, 0.1) is 0 Å². The number of hydrogen-bond acceptors (Lipinski definition) is 4. The highest BCUT2D eigenvalue weighted by Crippen LogP contribution is 2.36. The smallest absolute Gasteiger partial charge is 0.304 e. The van der Waals surface area contributed by atoms with Crippen molar-refractivity contribution in [1.82, 2.24) is 24.4 Å². The Morgan fingerprint density at radius 3 is 2.61 bits per heavy atom. The van der Waals surface area contributed by atoms with Crippen molar-refractivity contribution in [2.45, 2.75) is 6.18 Å². The maximum absolute atomic E-state index is 13.3. The number of imidazole rings is 1. The van der Waals surface area contributed by atoms with Crippen LogP contribution in [0.1, 0.15) is 16.1 Å². The van der Waals surface area contributed by atoms with E-state index in [2.05, 4.69) is 20.5 Å². The predicted molar refractivity (Wildman–Crippen MR) is 94.6 cm³/mol. The molecule has 0 saturated heterocycles. The van der Waals surface area contributed by atoms with Gasteiger partial charge in [0.25, 0.3) is 5.91 Å². The number of anilines is 1. The van der Waals surface area contributed by atoms with Gasteiger partial charge in [-0.1, -0.05) is 18.2 Å². The number of carbonyl (C=O) groups excluding carboxylic acids is 1. The van der Waals surface area contributed by atoms with Gasteiger partial charge in [0.05, 0.1) is 17.5 Å². The molecule has 0 saturated carbocycles. The first kappa shape index (κ1) is 17.7. The number of carbonyl (C=O) groups is 1. The molecule has 0 radical (unpaired) electrons. The lowest BCUT2D eigenvalue weighted by Gasteiger charge is -2.12. The lowest BCUT2D eigenvalue weighted by atomic mass is 10.0. The summed E-state index contributed by atoms with van der Waals surface area (Å²) >= 11 is 0. The molecule has 0 spiro atoms. The van der Waals surface area contributed by atoms with E-state index in [0.717, 1.165) is 6.07 Å². The van der Waals surface area contributed by atoms with Crippen LogP contribution < -0.4 is 5.32 Å². The van der Waals surface area contributed by atoms with Gasteiger partial charge in [-0.05, 0) is 24.3 Å². The van der Waals surface area contributed by atoms with E-state index in [-0.39, 0.29) is 17.1 Å². The van der Waals surface area contributed by atoms with Gasteiger partial charge in [-0.2, -0.15) is 27.9 Å². The van der Waals surface area contributed by atoms with E-state index in [4.69, 9.17) is 0 Å². The third-order valence-electron chi connectivity index (χ3n) is 4.17.